The summed E-state index contributed by atoms with van der Waals surface area (Å²) in [5.41, 5.74) is 0.272. The molecule has 172 valence electrons. The van der Waals surface area contributed by atoms with Crippen LogP contribution >= 0.6 is 11.8 Å². The van der Waals surface area contributed by atoms with Gasteiger partial charge in [-0.15, -0.1) is 11.8 Å². The first-order valence-corrected chi connectivity index (χ1v) is 11.1. The zero-order valence-electron chi connectivity index (χ0n) is 17.6. The molecular weight excluding hydrogens is 453 g/mol. The molecule has 1 atom stereocenters. The Morgan fingerprint density at radius 1 is 0.970 bits per heavy atom. The van der Waals surface area contributed by atoms with E-state index < -0.39 is 29.6 Å². The molecule has 0 saturated heterocycles. The molecule has 3 aromatic carbocycles. The number of carbonyl (C=O) groups is 2. The molecule has 8 heteroatoms. The van der Waals surface area contributed by atoms with Crippen LogP contribution in [-0.2, 0) is 21.5 Å². The number of alkyl halides is 3. The molecule has 0 aliphatic heterocycles. The number of rotatable bonds is 8. The minimum absolute atomic E-state index is 0.0251. The van der Waals surface area contributed by atoms with Crippen molar-refractivity contribution >= 4 is 23.7 Å². The van der Waals surface area contributed by atoms with Crippen molar-refractivity contribution in [3.8, 4) is 0 Å². The summed E-state index contributed by atoms with van der Waals surface area (Å²) >= 11 is 1.40. The predicted molar refractivity (Wildman–Crippen MR) is 119 cm³/mol. The quantitative estimate of drug-likeness (QED) is 0.303. The van der Waals surface area contributed by atoms with Crippen molar-refractivity contribution < 1.29 is 32.6 Å². The molecule has 4 nitrogen and oxygen atoms in total. The molecule has 3 aromatic rings. The van der Waals surface area contributed by atoms with Gasteiger partial charge in [-0.2, -0.15) is 13.2 Å². The van der Waals surface area contributed by atoms with Gasteiger partial charge in [0.1, 0.15) is 5.92 Å². The Hall–Kier alpha value is -3.26. The molecule has 1 N–H and O–H groups in total. The van der Waals surface area contributed by atoms with E-state index in [1.807, 2.05) is 30.3 Å². The van der Waals surface area contributed by atoms with E-state index in [2.05, 4.69) is 0 Å². The predicted octanol–water partition coefficient (Wildman–Crippen LogP) is 6.39. The maximum atomic E-state index is 13.0. The molecule has 0 fully saturated rings. The summed E-state index contributed by atoms with van der Waals surface area (Å²) in [4.78, 5) is 25.8. The van der Waals surface area contributed by atoms with Gasteiger partial charge < -0.3 is 9.84 Å². The Morgan fingerprint density at radius 3 is 2.21 bits per heavy atom. The molecule has 0 saturated carbocycles. The summed E-state index contributed by atoms with van der Waals surface area (Å²) in [6.45, 7) is 1.70. The first-order chi connectivity index (χ1) is 15.7. The lowest BCUT2D eigenvalue weighted by atomic mass is 9.86. The van der Waals surface area contributed by atoms with Crippen LogP contribution in [0.15, 0.2) is 77.7 Å². The Morgan fingerprint density at radius 2 is 1.64 bits per heavy atom. The van der Waals surface area contributed by atoms with Crippen molar-refractivity contribution in [3.63, 3.8) is 0 Å². The number of aromatic carboxylic acids is 1. The van der Waals surface area contributed by atoms with Crippen LogP contribution in [0.4, 0.5) is 13.2 Å². The SMILES string of the molecule is CCOC(=O)C(c1ccc(C(F)(F)F)cc1)c1cccc(C(=O)O)c1CSc1ccccc1. The third-order valence-electron chi connectivity index (χ3n) is 4.97. The zero-order valence-corrected chi connectivity index (χ0v) is 18.5. The highest BCUT2D eigenvalue weighted by molar-refractivity contribution is 7.98. The zero-order chi connectivity index (χ0) is 24.0. The van der Waals surface area contributed by atoms with Gasteiger partial charge in [0.15, 0.2) is 0 Å². The first-order valence-electron chi connectivity index (χ1n) is 10.1. The number of carboxylic acid groups (broad SMARTS) is 1. The monoisotopic (exact) mass is 474 g/mol. The average molecular weight is 475 g/mol. The van der Waals surface area contributed by atoms with Gasteiger partial charge in [-0.05, 0) is 53.9 Å². The number of carboxylic acids is 1. The highest BCUT2D eigenvalue weighted by Gasteiger charge is 2.32. The number of hydrogen-bond donors (Lipinski definition) is 1. The topological polar surface area (TPSA) is 63.6 Å². The van der Waals surface area contributed by atoms with Gasteiger partial charge in [-0.25, -0.2) is 4.79 Å². The highest BCUT2D eigenvalue weighted by atomic mass is 32.2. The second-order valence-corrected chi connectivity index (χ2v) is 8.13. The molecule has 0 aromatic heterocycles. The van der Waals surface area contributed by atoms with Crippen LogP contribution in [-0.4, -0.2) is 23.7 Å². The molecule has 1 unspecified atom stereocenters. The largest absolute Gasteiger partial charge is 0.478 e. The molecule has 0 bridgehead atoms. The van der Waals surface area contributed by atoms with Crippen LogP contribution < -0.4 is 0 Å². The summed E-state index contributed by atoms with van der Waals surface area (Å²) < 4.78 is 44.3. The fraction of sp³-hybridized carbons (Fsp3) is 0.200. The number of esters is 1. The van der Waals surface area contributed by atoms with E-state index in [4.69, 9.17) is 4.74 Å². The number of carbonyl (C=O) groups excluding carboxylic acids is 1. The van der Waals surface area contributed by atoms with Crippen molar-refractivity contribution in [1.82, 2.24) is 0 Å². The van der Waals surface area contributed by atoms with Crippen LogP contribution in [0.3, 0.4) is 0 Å². The number of benzene rings is 3. The molecule has 33 heavy (non-hydrogen) atoms. The van der Waals surface area contributed by atoms with Gasteiger partial charge in [0.2, 0.25) is 0 Å². The van der Waals surface area contributed by atoms with Crippen molar-refractivity contribution in [2.45, 2.75) is 29.7 Å². The van der Waals surface area contributed by atoms with Crippen LogP contribution in [0, 0.1) is 0 Å². The maximum absolute atomic E-state index is 13.0. The van der Waals surface area contributed by atoms with Gasteiger partial charge in [-0.1, -0.05) is 42.5 Å². The van der Waals surface area contributed by atoms with Gasteiger partial charge in [0.05, 0.1) is 17.7 Å². The molecule has 0 aliphatic carbocycles. The van der Waals surface area contributed by atoms with Crippen LogP contribution in [0.1, 0.15) is 45.5 Å². The first kappa shape index (κ1) is 24.4. The number of hydrogen-bond acceptors (Lipinski definition) is 4. The van der Waals surface area contributed by atoms with Gasteiger partial charge >= 0.3 is 18.1 Å². The Kier molecular flexibility index (Phi) is 7.81. The summed E-state index contributed by atoms with van der Waals surface area (Å²) in [5.74, 6) is -2.64. The fourth-order valence-corrected chi connectivity index (χ4v) is 4.42. The van der Waals surface area contributed by atoms with E-state index in [9.17, 15) is 27.9 Å². The lowest BCUT2D eigenvalue weighted by Gasteiger charge is -2.21. The summed E-state index contributed by atoms with van der Waals surface area (Å²) in [5, 5.41) is 9.76. The number of thioether (sulfide) groups is 1. The van der Waals surface area contributed by atoms with Crippen LogP contribution in [0.5, 0.6) is 0 Å². The Bertz CT molecular complexity index is 1110. The van der Waals surface area contributed by atoms with Gasteiger partial charge in [-0.3, -0.25) is 4.79 Å². The second kappa shape index (κ2) is 10.6. The normalized spacial score (nSPS) is 12.2. The third-order valence-corrected chi connectivity index (χ3v) is 6.01. The van der Waals surface area contributed by atoms with Crippen LogP contribution in [0.25, 0.3) is 0 Å². The lowest BCUT2D eigenvalue weighted by molar-refractivity contribution is -0.143. The summed E-state index contributed by atoms with van der Waals surface area (Å²) in [6, 6.07) is 18.2. The van der Waals surface area contributed by atoms with E-state index in [1.165, 1.54) is 36.0 Å². The van der Waals surface area contributed by atoms with E-state index >= 15 is 0 Å². The second-order valence-electron chi connectivity index (χ2n) is 7.09. The number of halogens is 3. The van der Waals surface area contributed by atoms with E-state index in [-0.39, 0.29) is 23.5 Å². The standard InChI is InChI=1S/C25H21F3O4S/c1-2-32-24(31)22(16-11-13-17(14-12-16)25(26,27)28)19-9-6-10-20(23(29)30)21(19)15-33-18-7-4-3-5-8-18/h3-14,22H,2,15H2,1H3,(H,29,30). The molecule has 0 aliphatic rings. The molecule has 3 rings (SSSR count). The lowest BCUT2D eigenvalue weighted by Crippen LogP contribution is -2.20. The average Bonchev–Trinajstić information content (AvgIpc) is 2.79. The number of ether oxygens (including phenoxy) is 1. The molecule has 0 heterocycles. The van der Waals surface area contributed by atoms with Crippen molar-refractivity contribution in [2.75, 3.05) is 6.61 Å². The molecular formula is C25H21F3O4S. The van der Waals surface area contributed by atoms with Crippen molar-refractivity contribution in [3.05, 3.63) is 101 Å². The molecule has 0 spiro atoms. The third kappa shape index (κ3) is 5.96. The maximum Gasteiger partial charge on any atom is 0.416 e. The minimum Gasteiger partial charge on any atom is -0.478 e. The minimum atomic E-state index is -4.52. The van der Waals surface area contributed by atoms with Gasteiger partial charge in [0, 0.05) is 10.6 Å². The van der Waals surface area contributed by atoms with Crippen molar-refractivity contribution in [2.24, 2.45) is 0 Å². The van der Waals surface area contributed by atoms with E-state index in [1.54, 1.807) is 13.0 Å². The van der Waals surface area contributed by atoms with Crippen molar-refractivity contribution in [1.29, 1.82) is 0 Å². The highest BCUT2D eigenvalue weighted by Crippen LogP contribution is 2.36. The Labute approximate surface area is 193 Å². The summed E-state index contributed by atoms with van der Waals surface area (Å²) in [6.07, 6.45) is -4.52. The Balaban J connectivity index is 2.10. The van der Waals surface area contributed by atoms with E-state index in [0.29, 0.717) is 11.1 Å². The fourth-order valence-electron chi connectivity index (χ4n) is 3.44. The summed E-state index contributed by atoms with van der Waals surface area (Å²) in [7, 11) is 0. The smallest absolute Gasteiger partial charge is 0.416 e. The van der Waals surface area contributed by atoms with E-state index in [0.717, 1.165) is 17.0 Å². The molecule has 0 radical (unpaired) electrons. The van der Waals surface area contributed by atoms with Gasteiger partial charge in [0.25, 0.3) is 0 Å². The van der Waals surface area contributed by atoms with Crippen LogP contribution in [0.2, 0.25) is 0 Å². The molecule has 0 amide bonds.